The first-order chi connectivity index (χ1) is 12.4. The quantitative estimate of drug-likeness (QED) is 0.823. The van der Waals surface area contributed by atoms with Gasteiger partial charge < -0.3 is 14.4 Å². The standard InChI is InChI=1S/C19H23N3O3S/c1-12-17(13(2)21(3)20-12)11-18-22(6-7-26-18)19(23)14-8-15(24-4)10-16(9-14)25-5/h8-11H,6-7H2,1-5H3/b18-11+. The molecule has 1 amide bonds. The average Bonchev–Trinajstić information content (AvgIpc) is 3.20. The summed E-state index contributed by atoms with van der Waals surface area (Å²) in [7, 11) is 5.08. The number of methoxy groups -OCH3 is 2. The third-order valence-electron chi connectivity index (χ3n) is 4.51. The van der Waals surface area contributed by atoms with Crippen LogP contribution in [-0.4, -0.2) is 47.1 Å². The van der Waals surface area contributed by atoms with E-state index in [0.717, 1.165) is 27.7 Å². The number of nitrogens with zero attached hydrogens (tertiary/aromatic N) is 3. The van der Waals surface area contributed by atoms with Gasteiger partial charge in [-0.25, -0.2) is 0 Å². The number of ether oxygens (including phenoxy) is 2. The van der Waals surface area contributed by atoms with Crippen LogP contribution in [0.1, 0.15) is 27.3 Å². The van der Waals surface area contributed by atoms with Crippen molar-refractivity contribution >= 4 is 23.7 Å². The van der Waals surface area contributed by atoms with E-state index in [4.69, 9.17) is 9.47 Å². The molecule has 0 bridgehead atoms. The molecule has 26 heavy (non-hydrogen) atoms. The van der Waals surface area contributed by atoms with Crippen molar-refractivity contribution in [1.82, 2.24) is 14.7 Å². The SMILES string of the molecule is COc1cc(OC)cc(C(=O)N2CCS/C2=C/c2c(C)nn(C)c2C)c1. The van der Waals surface area contributed by atoms with Crippen LogP contribution in [-0.2, 0) is 7.05 Å². The van der Waals surface area contributed by atoms with E-state index in [1.54, 1.807) is 44.2 Å². The minimum atomic E-state index is -0.0577. The summed E-state index contributed by atoms with van der Waals surface area (Å²) in [6, 6.07) is 5.24. The molecule has 1 aromatic carbocycles. The van der Waals surface area contributed by atoms with E-state index < -0.39 is 0 Å². The largest absolute Gasteiger partial charge is 0.497 e. The summed E-state index contributed by atoms with van der Waals surface area (Å²) < 4.78 is 12.4. The number of thioether (sulfide) groups is 1. The van der Waals surface area contributed by atoms with Gasteiger partial charge in [0.15, 0.2) is 0 Å². The number of hydrogen-bond acceptors (Lipinski definition) is 5. The number of benzene rings is 1. The fourth-order valence-electron chi connectivity index (χ4n) is 2.96. The number of aromatic nitrogens is 2. The van der Waals surface area contributed by atoms with E-state index >= 15 is 0 Å². The number of aryl methyl sites for hydroxylation is 2. The lowest BCUT2D eigenvalue weighted by molar-refractivity contribution is 0.0830. The van der Waals surface area contributed by atoms with Gasteiger partial charge in [0.2, 0.25) is 0 Å². The second-order valence-electron chi connectivity index (χ2n) is 6.10. The lowest BCUT2D eigenvalue weighted by atomic mass is 10.1. The van der Waals surface area contributed by atoms with Crippen molar-refractivity contribution in [1.29, 1.82) is 0 Å². The molecule has 0 saturated carbocycles. The second-order valence-corrected chi connectivity index (χ2v) is 7.21. The van der Waals surface area contributed by atoms with Crippen molar-refractivity contribution in [2.24, 2.45) is 7.05 Å². The first-order valence-electron chi connectivity index (χ1n) is 8.34. The van der Waals surface area contributed by atoms with Crippen LogP contribution in [0.15, 0.2) is 23.2 Å². The van der Waals surface area contributed by atoms with Crippen LogP contribution in [0.2, 0.25) is 0 Å². The molecule has 6 nitrogen and oxygen atoms in total. The normalized spacial score (nSPS) is 15.6. The first-order valence-corrected chi connectivity index (χ1v) is 9.32. The average molecular weight is 373 g/mol. The molecule has 0 radical (unpaired) electrons. The van der Waals surface area contributed by atoms with Gasteiger partial charge in [0.25, 0.3) is 5.91 Å². The molecule has 0 unspecified atom stereocenters. The molecule has 138 valence electrons. The zero-order chi connectivity index (χ0) is 18.8. The highest BCUT2D eigenvalue weighted by Crippen LogP contribution is 2.33. The van der Waals surface area contributed by atoms with Crippen molar-refractivity contribution in [3.63, 3.8) is 0 Å². The van der Waals surface area contributed by atoms with E-state index in [9.17, 15) is 4.79 Å². The Kier molecular flexibility index (Phi) is 5.27. The van der Waals surface area contributed by atoms with E-state index in [-0.39, 0.29) is 5.91 Å². The molecule has 2 aromatic rings. The van der Waals surface area contributed by atoms with Crippen molar-refractivity contribution < 1.29 is 14.3 Å². The molecule has 7 heteroatoms. The highest BCUT2D eigenvalue weighted by Gasteiger charge is 2.26. The summed E-state index contributed by atoms with van der Waals surface area (Å²) in [6.07, 6.45) is 2.06. The van der Waals surface area contributed by atoms with E-state index in [1.807, 2.05) is 30.5 Å². The Morgan fingerprint density at radius 3 is 2.38 bits per heavy atom. The van der Waals surface area contributed by atoms with Gasteiger partial charge in [0, 0.05) is 42.2 Å². The predicted octanol–water partition coefficient (Wildman–Crippen LogP) is 3.24. The number of carbonyl (C=O) groups is 1. The fourth-order valence-corrected chi connectivity index (χ4v) is 3.97. The molecule has 1 aromatic heterocycles. The summed E-state index contributed by atoms with van der Waals surface area (Å²) >= 11 is 1.68. The summed E-state index contributed by atoms with van der Waals surface area (Å²) in [6.45, 7) is 4.69. The van der Waals surface area contributed by atoms with Gasteiger partial charge >= 0.3 is 0 Å². The van der Waals surface area contributed by atoms with Crippen LogP contribution in [0.3, 0.4) is 0 Å². The molecule has 1 saturated heterocycles. The van der Waals surface area contributed by atoms with Crippen LogP contribution >= 0.6 is 11.8 Å². The molecule has 1 aliphatic heterocycles. The molecule has 0 N–H and O–H groups in total. The highest BCUT2D eigenvalue weighted by molar-refractivity contribution is 8.03. The fraction of sp³-hybridized carbons (Fsp3) is 0.368. The molecule has 3 rings (SSSR count). The predicted molar refractivity (Wildman–Crippen MR) is 104 cm³/mol. The number of carbonyl (C=O) groups excluding carboxylic acids is 1. The maximum absolute atomic E-state index is 13.1. The van der Waals surface area contributed by atoms with Gasteiger partial charge in [-0.1, -0.05) is 0 Å². The third-order valence-corrected chi connectivity index (χ3v) is 5.53. The summed E-state index contributed by atoms with van der Waals surface area (Å²) in [5.74, 6) is 2.02. The van der Waals surface area contributed by atoms with Crippen LogP contribution in [0, 0.1) is 13.8 Å². The molecular weight excluding hydrogens is 350 g/mol. The van der Waals surface area contributed by atoms with Crippen LogP contribution < -0.4 is 9.47 Å². The Bertz CT molecular complexity index is 851. The topological polar surface area (TPSA) is 56.6 Å². The molecular formula is C19H23N3O3S. The smallest absolute Gasteiger partial charge is 0.258 e. The van der Waals surface area contributed by atoms with Crippen LogP contribution in [0.5, 0.6) is 11.5 Å². The lowest BCUT2D eigenvalue weighted by Gasteiger charge is -2.18. The molecule has 0 spiro atoms. The molecule has 2 heterocycles. The second kappa shape index (κ2) is 7.45. The summed E-state index contributed by atoms with van der Waals surface area (Å²) in [5.41, 5.74) is 3.66. The number of amides is 1. The Morgan fingerprint density at radius 1 is 1.19 bits per heavy atom. The Balaban J connectivity index is 1.95. The van der Waals surface area contributed by atoms with E-state index in [2.05, 4.69) is 11.2 Å². The molecule has 0 aliphatic carbocycles. The van der Waals surface area contributed by atoms with Crippen molar-refractivity contribution in [2.75, 3.05) is 26.5 Å². The van der Waals surface area contributed by atoms with Gasteiger partial charge in [0.05, 0.1) is 24.9 Å². The van der Waals surface area contributed by atoms with Crippen LogP contribution in [0.25, 0.3) is 6.08 Å². The first kappa shape index (κ1) is 18.4. The van der Waals surface area contributed by atoms with Gasteiger partial charge in [-0.05, 0) is 32.1 Å². The van der Waals surface area contributed by atoms with Crippen LogP contribution in [0.4, 0.5) is 0 Å². The zero-order valence-electron chi connectivity index (χ0n) is 15.7. The Hall–Kier alpha value is -2.41. The minimum Gasteiger partial charge on any atom is -0.497 e. The van der Waals surface area contributed by atoms with Crippen molar-refractivity contribution in [3.05, 3.63) is 45.7 Å². The van der Waals surface area contributed by atoms with Crippen molar-refractivity contribution in [3.8, 4) is 11.5 Å². The van der Waals surface area contributed by atoms with E-state index in [0.29, 0.717) is 23.6 Å². The lowest BCUT2D eigenvalue weighted by Crippen LogP contribution is -2.26. The maximum Gasteiger partial charge on any atom is 0.258 e. The number of rotatable bonds is 4. The summed E-state index contributed by atoms with van der Waals surface area (Å²) in [5, 5.41) is 5.39. The Labute approximate surface area is 157 Å². The van der Waals surface area contributed by atoms with Gasteiger partial charge in [-0.15, -0.1) is 11.8 Å². The highest BCUT2D eigenvalue weighted by atomic mass is 32.2. The van der Waals surface area contributed by atoms with Gasteiger partial charge in [-0.2, -0.15) is 5.10 Å². The van der Waals surface area contributed by atoms with Crippen molar-refractivity contribution in [2.45, 2.75) is 13.8 Å². The minimum absolute atomic E-state index is 0.0577. The molecule has 1 fully saturated rings. The maximum atomic E-state index is 13.1. The molecule has 0 atom stereocenters. The Morgan fingerprint density at radius 2 is 1.85 bits per heavy atom. The number of hydrogen-bond donors (Lipinski definition) is 0. The van der Waals surface area contributed by atoms with E-state index in [1.165, 1.54) is 0 Å². The monoisotopic (exact) mass is 373 g/mol. The van der Waals surface area contributed by atoms with Gasteiger partial charge in [0.1, 0.15) is 11.5 Å². The zero-order valence-corrected chi connectivity index (χ0v) is 16.5. The molecule has 1 aliphatic rings. The summed E-state index contributed by atoms with van der Waals surface area (Å²) in [4.78, 5) is 14.9. The van der Waals surface area contributed by atoms with Gasteiger partial charge in [-0.3, -0.25) is 9.48 Å². The third kappa shape index (κ3) is 3.44.